The molecule has 0 saturated carbocycles. The zero-order chi connectivity index (χ0) is 6.85. The second kappa shape index (κ2) is 1.93. The van der Waals surface area contributed by atoms with Crippen LogP contribution in [0.15, 0.2) is 12.6 Å². The highest BCUT2D eigenvalue weighted by Gasteiger charge is 1.94. The van der Waals surface area contributed by atoms with E-state index in [1.807, 2.05) is 7.05 Å². The van der Waals surface area contributed by atoms with Gasteiger partial charge in [-0.3, -0.25) is 4.68 Å². The lowest BCUT2D eigenvalue weighted by Crippen LogP contribution is -1.93. The maximum atomic E-state index is 5.38. The molecule has 0 aliphatic heterocycles. The normalized spacial score (nSPS) is 9.44. The lowest BCUT2D eigenvalue weighted by Gasteiger charge is -1.88. The molecule has 0 fully saturated rings. The van der Waals surface area contributed by atoms with E-state index in [0.717, 1.165) is 5.69 Å². The number of nitrogen functional groups attached to an aromatic ring is 1. The summed E-state index contributed by atoms with van der Waals surface area (Å²) in [6.07, 6.45) is 1.71. The molecule has 1 rings (SSSR count). The number of hydrogen-bond acceptors (Lipinski definition) is 2. The van der Waals surface area contributed by atoms with Crippen molar-refractivity contribution in [2.24, 2.45) is 7.05 Å². The molecule has 0 unspecified atom stereocenters. The van der Waals surface area contributed by atoms with Crippen LogP contribution in [0.3, 0.4) is 0 Å². The SMILES string of the molecule is C=Cc1cc(N)nn1C. The van der Waals surface area contributed by atoms with Gasteiger partial charge in [0, 0.05) is 13.1 Å². The van der Waals surface area contributed by atoms with Gasteiger partial charge in [0.25, 0.3) is 0 Å². The molecule has 3 heteroatoms. The predicted octanol–water partition coefficient (Wildman–Crippen LogP) is 0.645. The van der Waals surface area contributed by atoms with Gasteiger partial charge < -0.3 is 5.73 Å². The zero-order valence-electron chi connectivity index (χ0n) is 5.33. The lowest BCUT2D eigenvalue weighted by molar-refractivity contribution is 0.764. The average Bonchev–Trinajstić information content (AvgIpc) is 2.10. The van der Waals surface area contributed by atoms with Crippen LogP contribution >= 0.6 is 0 Å². The Bertz CT molecular complexity index is 224. The van der Waals surface area contributed by atoms with Crippen LogP contribution in [0.1, 0.15) is 5.69 Å². The van der Waals surface area contributed by atoms with Gasteiger partial charge in [-0.15, -0.1) is 0 Å². The molecular weight excluding hydrogens is 114 g/mol. The number of rotatable bonds is 1. The second-order valence-corrected chi connectivity index (χ2v) is 1.82. The fraction of sp³-hybridized carbons (Fsp3) is 0.167. The predicted molar refractivity (Wildman–Crippen MR) is 37.7 cm³/mol. The van der Waals surface area contributed by atoms with Crippen molar-refractivity contribution in [1.29, 1.82) is 0 Å². The Labute approximate surface area is 53.8 Å². The first kappa shape index (κ1) is 5.88. The van der Waals surface area contributed by atoms with Crippen LogP contribution in [0.4, 0.5) is 5.82 Å². The summed E-state index contributed by atoms with van der Waals surface area (Å²) < 4.78 is 1.68. The molecule has 1 heterocycles. The van der Waals surface area contributed by atoms with Crippen molar-refractivity contribution in [2.75, 3.05) is 5.73 Å². The van der Waals surface area contributed by atoms with E-state index in [-0.39, 0.29) is 0 Å². The summed E-state index contributed by atoms with van der Waals surface area (Å²) in [5.41, 5.74) is 6.31. The fourth-order valence-electron chi connectivity index (χ4n) is 0.696. The van der Waals surface area contributed by atoms with Crippen LogP contribution in [-0.2, 0) is 7.05 Å². The molecule has 0 aromatic carbocycles. The Morgan fingerprint density at radius 2 is 2.56 bits per heavy atom. The fourth-order valence-corrected chi connectivity index (χ4v) is 0.696. The summed E-state index contributed by atoms with van der Waals surface area (Å²) in [5, 5.41) is 3.91. The number of anilines is 1. The third-order valence-corrected chi connectivity index (χ3v) is 1.14. The van der Waals surface area contributed by atoms with E-state index in [1.165, 1.54) is 0 Å². The van der Waals surface area contributed by atoms with Gasteiger partial charge in [0.2, 0.25) is 0 Å². The van der Waals surface area contributed by atoms with Gasteiger partial charge in [0.05, 0.1) is 5.69 Å². The molecule has 0 aliphatic rings. The maximum Gasteiger partial charge on any atom is 0.146 e. The van der Waals surface area contributed by atoms with Crippen LogP contribution < -0.4 is 5.73 Å². The molecule has 48 valence electrons. The maximum absolute atomic E-state index is 5.38. The highest BCUT2D eigenvalue weighted by molar-refractivity contribution is 5.47. The van der Waals surface area contributed by atoms with E-state index in [2.05, 4.69) is 11.7 Å². The van der Waals surface area contributed by atoms with Crippen molar-refractivity contribution < 1.29 is 0 Å². The van der Waals surface area contributed by atoms with Crippen molar-refractivity contribution >= 4 is 11.9 Å². The van der Waals surface area contributed by atoms with Crippen LogP contribution in [0, 0.1) is 0 Å². The summed E-state index contributed by atoms with van der Waals surface area (Å²) in [6.45, 7) is 3.59. The van der Waals surface area contributed by atoms with Gasteiger partial charge in [-0.05, 0) is 6.08 Å². The molecule has 0 atom stereocenters. The Balaban J connectivity index is 3.15. The van der Waals surface area contributed by atoms with Crippen LogP contribution in [-0.4, -0.2) is 9.78 Å². The highest BCUT2D eigenvalue weighted by Crippen LogP contribution is 2.03. The Kier molecular flexibility index (Phi) is 1.26. The number of aryl methyl sites for hydroxylation is 1. The van der Waals surface area contributed by atoms with Crippen LogP contribution in [0.25, 0.3) is 6.08 Å². The number of aromatic nitrogens is 2. The van der Waals surface area contributed by atoms with E-state index in [1.54, 1.807) is 16.8 Å². The molecule has 3 nitrogen and oxygen atoms in total. The summed E-state index contributed by atoms with van der Waals surface area (Å²) in [6, 6.07) is 1.77. The van der Waals surface area contributed by atoms with E-state index < -0.39 is 0 Å². The smallest absolute Gasteiger partial charge is 0.146 e. The van der Waals surface area contributed by atoms with E-state index in [4.69, 9.17) is 5.73 Å². The number of nitrogens with zero attached hydrogens (tertiary/aromatic N) is 2. The molecule has 0 amide bonds. The van der Waals surface area contributed by atoms with Crippen molar-refractivity contribution in [3.63, 3.8) is 0 Å². The minimum atomic E-state index is 0.535. The minimum absolute atomic E-state index is 0.535. The summed E-state index contributed by atoms with van der Waals surface area (Å²) in [7, 11) is 1.83. The summed E-state index contributed by atoms with van der Waals surface area (Å²) >= 11 is 0. The van der Waals surface area contributed by atoms with E-state index >= 15 is 0 Å². The monoisotopic (exact) mass is 123 g/mol. The van der Waals surface area contributed by atoms with Crippen molar-refractivity contribution in [1.82, 2.24) is 9.78 Å². The molecule has 2 N–H and O–H groups in total. The van der Waals surface area contributed by atoms with Gasteiger partial charge >= 0.3 is 0 Å². The molecule has 1 aromatic heterocycles. The standard InChI is InChI=1S/C6H9N3/c1-3-5-4-6(7)8-9(5)2/h3-4H,1H2,2H3,(H2,7,8). The Morgan fingerprint density at radius 3 is 2.78 bits per heavy atom. The summed E-state index contributed by atoms with van der Waals surface area (Å²) in [5.74, 6) is 0.535. The molecule has 0 spiro atoms. The quantitative estimate of drug-likeness (QED) is 0.595. The van der Waals surface area contributed by atoms with Crippen LogP contribution in [0.2, 0.25) is 0 Å². The third kappa shape index (κ3) is 0.937. The van der Waals surface area contributed by atoms with Gasteiger partial charge in [-0.2, -0.15) is 5.10 Å². The van der Waals surface area contributed by atoms with E-state index in [9.17, 15) is 0 Å². The van der Waals surface area contributed by atoms with Gasteiger partial charge in [-0.1, -0.05) is 6.58 Å². The molecule has 0 radical (unpaired) electrons. The molecule has 1 aromatic rings. The molecule has 9 heavy (non-hydrogen) atoms. The van der Waals surface area contributed by atoms with Gasteiger partial charge in [0.1, 0.15) is 5.82 Å². The summed E-state index contributed by atoms with van der Waals surface area (Å²) in [4.78, 5) is 0. The van der Waals surface area contributed by atoms with Crippen molar-refractivity contribution in [3.05, 3.63) is 18.3 Å². The first-order chi connectivity index (χ1) is 4.24. The Hall–Kier alpha value is -1.25. The largest absolute Gasteiger partial charge is 0.382 e. The molecular formula is C6H9N3. The number of hydrogen-bond donors (Lipinski definition) is 1. The Morgan fingerprint density at radius 1 is 1.89 bits per heavy atom. The first-order valence-electron chi connectivity index (χ1n) is 2.66. The van der Waals surface area contributed by atoms with Gasteiger partial charge in [-0.25, -0.2) is 0 Å². The molecule has 0 bridgehead atoms. The molecule has 0 saturated heterocycles. The highest BCUT2D eigenvalue weighted by atomic mass is 15.3. The van der Waals surface area contributed by atoms with Gasteiger partial charge in [0.15, 0.2) is 0 Å². The molecule has 0 aliphatic carbocycles. The third-order valence-electron chi connectivity index (χ3n) is 1.14. The minimum Gasteiger partial charge on any atom is -0.382 e. The van der Waals surface area contributed by atoms with Crippen molar-refractivity contribution in [2.45, 2.75) is 0 Å². The zero-order valence-corrected chi connectivity index (χ0v) is 5.33. The second-order valence-electron chi connectivity index (χ2n) is 1.82. The lowest BCUT2D eigenvalue weighted by atomic mass is 10.4. The van der Waals surface area contributed by atoms with Crippen molar-refractivity contribution in [3.8, 4) is 0 Å². The first-order valence-corrected chi connectivity index (χ1v) is 2.66. The number of nitrogens with two attached hydrogens (primary N) is 1. The topological polar surface area (TPSA) is 43.8 Å². The van der Waals surface area contributed by atoms with E-state index in [0.29, 0.717) is 5.82 Å². The average molecular weight is 123 g/mol. The van der Waals surface area contributed by atoms with Crippen LogP contribution in [0.5, 0.6) is 0 Å².